The first-order valence-electron chi connectivity index (χ1n) is 8.65. The number of nitrogens with zero attached hydrogens (tertiary/aromatic N) is 2. The van der Waals surface area contributed by atoms with E-state index in [1.807, 2.05) is 0 Å². The molecule has 1 aromatic rings. The molecule has 0 unspecified atom stereocenters. The zero-order valence-electron chi connectivity index (χ0n) is 15.7. The van der Waals surface area contributed by atoms with E-state index in [0.29, 0.717) is 30.2 Å². The largest absolute Gasteiger partial charge is 0.342 e. The van der Waals surface area contributed by atoms with Crippen molar-refractivity contribution in [2.75, 3.05) is 37.2 Å². The van der Waals surface area contributed by atoms with E-state index in [4.69, 9.17) is 23.2 Å². The van der Waals surface area contributed by atoms with Gasteiger partial charge in [0.05, 0.1) is 17.3 Å². The molecule has 1 rings (SSSR count). The lowest BCUT2D eigenvalue weighted by atomic mass is 10.3. The van der Waals surface area contributed by atoms with Crippen molar-refractivity contribution in [2.24, 2.45) is 0 Å². The third-order valence-corrected chi connectivity index (χ3v) is 6.09. The van der Waals surface area contributed by atoms with Gasteiger partial charge in [0.15, 0.2) is 0 Å². The maximum absolute atomic E-state index is 12.6. The molecule has 0 fully saturated rings. The van der Waals surface area contributed by atoms with Crippen LogP contribution in [0.1, 0.15) is 27.2 Å². The van der Waals surface area contributed by atoms with Gasteiger partial charge in [-0.05, 0) is 38.5 Å². The van der Waals surface area contributed by atoms with Crippen molar-refractivity contribution in [1.29, 1.82) is 0 Å². The predicted octanol–water partition coefficient (Wildman–Crippen LogP) is 2.84. The molecule has 0 radical (unpaired) electrons. The van der Waals surface area contributed by atoms with Gasteiger partial charge in [0.1, 0.15) is 5.75 Å². The molecule has 0 spiro atoms. The third-order valence-electron chi connectivity index (χ3n) is 3.81. The lowest BCUT2D eigenvalue weighted by Gasteiger charge is -2.24. The maximum atomic E-state index is 12.6. The van der Waals surface area contributed by atoms with Crippen LogP contribution in [0.3, 0.4) is 0 Å². The average molecular weight is 438 g/mol. The van der Waals surface area contributed by atoms with Crippen LogP contribution in [0.25, 0.3) is 0 Å². The molecular formula is C17H25Cl2N3O4S. The Morgan fingerprint density at radius 1 is 1.11 bits per heavy atom. The standard InChI is InChI=1S/C17H25Cl2N3O4S/c1-4-9-22(27(25,26)12-17(24)21(5-2)6-3)11-16(23)20-15-10-13(18)7-8-14(15)19/h7-8,10H,4-6,9,11-12H2,1-3H3,(H,20,23). The summed E-state index contributed by atoms with van der Waals surface area (Å²) in [6.45, 7) is 5.91. The molecule has 10 heteroatoms. The molecule has 2 amide bonds. The molecule has 1 N–H and O–H groups in total. The first-order chi connectivity index (χ1) is 12.6. The van der Waals surface area contributed by atoms with Crippen molar-refractivity contribution in [3.05, 3.63) is 28.2 Å². The lowest BCUT2D eigenvalue weighted by Crippen LogP contribution is -2.44. The highest BCUT2D eigenvalue weighted by atomic mass is 35.5. The van der Waals surface area contributed by atoms with Crippen LogP contribution in [0, 0.1) is 0 Å². The number of hydrogen-bond donors (Lipinski definition) is 1. The number of benzene rings is 1. The van der Waals surface area contributed by atoms with E-state index >= 15 is 0 Å². The number of sulfonamides is 1. The molecular weight excluding hydrogens is 413 g/mol. The van der Waals surface area contributed by atoms with Crippen molar-refractivity contribution in [3.8, 4) is 0 Å². The van der Waals surface area contributed by atoms with Crippen LogP contribution in [0.5, 0.6) is 0 Å². The molecule has 1 aromatic carbocycles. The number of rotatable bonds is 10. The van der Waals surface area contributed by atoms with Crippen LogP contribution in [-0.2, 0) is 19.6 Å². The summed E-state index contributed by atoms with van der Waals surface area (Å²) in [5, 5.41) is 3.23. The van der Waals surface area contributed by atoms with E-state index in [0.717, 1.165) is 4.31 Å². The van der Waals surface area contributed by atoms with Gasteiger partial charge in [-0.3, -0.25) is 9.59 Å². The first kappa shape index (κ1) is 23.7. The van der Waals surface area contributed by atoms with Crippen molar-refractivity contribution in [2.45, 2.75) is 27.2 Å². The number of anilines is 1. The Labute approximate surface area is 170 Å². The van der Waals surface area contributed by atoms with Crippen molar-refractivity contribution < 1.29 is 18.0 Å². The van der Waals surface area contributed by atoms with Crippen LogP contribution < -0.4 is 5.32 Å². The lowest BCUT2D eigenvalue weighted by molar-refractivity contribution is -0.128. The quantitative estimate of drug-likeness (QED) is 0.609. The molecule has 0 aliphatic heterocycles. The van der Waals surface area contributed by atoms with Crippen LogP contribution in [0.4, 0.5) is 5.69 Å². The van der Waals surface area contributed by atoms with Crippen molar-refractivity contribution in [3.63, 3.8) is 0 Å². The molecule has 152 valence electrons. The zero-order chi connectivity index (χ0) is 20.6. The summed E-state index contributed by atoms with van der Waals surface area (Å²) in [4.78, 5) is 25.9. The SMILES string of the molecule is CCCN(CC(=O)Nc1cc(Cl)ccc1Cl)S(=O)(=O)CC(=O)N(CC)CC. The van der Waals surface area contributed by atoms with E-state index in [1.54, 1.807) is 26.8 Å². The van der Waals surface area contributed by atoms with Gasteiger partial charge in [-0.25, -0.2) is 8.42 Å². The van der Waals surface area contributed by atoms with Crippen LogP contribution >= 0.6 is 23.2 Å². The van der Waals surface area contributed by atoms with Gasteiger partial charge in [0, 0.05) is 24.7 Å². The fourth-order valence-corrected chi connectivity index (χ4v) is 4.21. The number of carbonyl (C=O) groups is 2. The Balaban J connectivity index is 2.89. The van der Waals surface area contributed by atoms with Crippen LogP contribution in [0.2, 0.25) is 10.0 Å². The van der Waals surface area contributed by atoms with Gasteiger partial charge in [0.25, 0.3) is 0 Å². The van der Waals surface area contributed by atoms with Crippen molar-refractivity contribution >= 4 is 50.7 Å². The monoisotopic (exact) mass is 437 g/mol. The summed E-state index contributed by atoms with van der Waals surface area (Å²) in [5.74, 6) is -1.72. The smallest absolute Gasteiger partial charge is 0.239 e. The highest BCUT2D eigenvalue weighted by molar-refractivity contribution is 7.89. The van der Waals surface area contributed by atoms with Gasteiger partial charge in [-0.2, -0.15) is 4.31 Å². The minimum absolute atomic E-state index is 0.130. The van der Waals surface area contributed by atoms with Crippen molar-refractivity contribution in [1.82, 2.24) is 9.21 Å². The Morgan fingerprint density at radius 2 is 1.74 bits per heavy atom. The van der Waals surface area contributed by atoms with E-state index in [2.05, 4.69) is 5.32 Å². The maximum Gasteiger partial charge on any atom is 0.239 e. The summed E-state index contributed by atoms with van der Waals surface area (Å²) in [6, 6.07) is 4.58. The second kappa shape index (κ2) is 10.8. The van der Waals surface area contributed by atoms with E-state index in [-0.39, 0.29) is 11.6 Å². The molecule has 0 aromatic heterocycles. The van der Waals surface area contributed by atoms with E-state index in [1.165, 1.54) is 17.0 Å². The second-order valence-corrected chi connectivity index (χ2v) is 8.64. The van der Waals surface area contributed by atoms with Gasteiger partial charge in [-0.1, -0.05) is 30.1 Å². The number of amides is 2. The second-order valence-electron chi connectivity index (χ2n) is 5.83. The van der Waals surface area contributed by atoms with E-state index < -0.39 is 34.1 Å². The number of nitrogens with one attached hydrogen (secondary N) is 1. The molecule has 0 bridgehead atoms. The summed E-state index contributed by atoms with van der Waals surface area (Å²) < 4.78 is 26.3. The minimum atomic E-state index is -3.93. The molecule has 0 aliphatic rings. The molecule has 0 atom stereocenters. The molecule has 7 nitrogen and oxygen atoms in total. The topological polar surface area (TPSA) is 86.8 Å². The summed E-state index contributed by atoms with van der Waals surface area (Å²) in [5.41, 5.74) is 0.294. The Hall–Kier alpha value is -1.35. The molecule has 0 saturated carbocycles. The fraction of sp³-hybridized carbons (Fsp3) is 0.529. The molecule has 0 aliphatic carbocycles. The minimum Gasteiger partial charge on any atom is -0.342 e. The number of carbonyl (C=O) groups excluding carboxylic acids is 2. The van der Waals surface area contributed by atoms with Gasteiger partial charge in [0.2, 0.25) is 21.8 Å². The molecule has 0 heterocycles. The van der Waals surface area contributed by atoms with Gasteiger partial charge < -0.3 is 10.2 Å². The van der Waals surface area contributed by atoms with Gasteiger partial charge in [-0.15, -0.1) is 0 Å². The predicted molar refractivity (Wildman–Crippen MR) is 109 cm³/mol. The van der Waals surface area contributed by atoms with Crippen LogP contribution in [-0.4, -0.2) is 61.4 Å². The third kappa shape index (κ3) is 7.29. The average Bonchev–Trinajstić information content (AvgIpc) is 2.58. The zero-order valence-corrected chi connectivity index (χ0v) is 18.0. The number of hydrogen-bond acceptors (Lipinski definition) is 4. The van der Waals surface area contributed by atoms with Crippen LogP contribution in [0.15, 0.2) is 18.2 Å². The highest BCUT2D eigenvalue weighted by Crippen LogP contribution is 2.25. The van der Waals surface area contributed by atoms with Gasteiger partial charge >= 0.3 is 0 Å². The summed E-state index contributed by atoms with van der Waals surface area (Å²) >= 11 is 11.9. The normalized spacial score (nSPS) is 11.5. The molecule has 27 heavy (non-hydrogen) atoms. The number of halogens is 2. The Bertz CT molecular complexity index is 767. The Kier molecular flexibility index (Phi) is 9.52. The highest BCUT2D eigenvalue weighted by Gasteiger charge is 2.28. The molecule has 0 saturated heterocycles. The fourth-order valence-electron chi connectivity index (χ4n) is 2.42. The Morgan fingerprint density at radius 3 is 2.30 bits per heavy atom. The first-order valence-corrected chi connectivity index (χ1v) is 11.0. The summed E-state index contributed by atoms with van der Waals surface area (Å²) in [6.07, 6.45) is 0.504. The summed E-state index contributed by atoms with van der Waals surface area (Å²) in [7, 11) is -3.93. The van der Waals surface area contributed by atoms with E-state index in [9.17, 15) is 18.0 Å².